The van der Waals surface area contributed by atoms with Gasteiger partial charge in [-0.1, -0.05) is 30.3 Å². The third-order valence-corrected chi connectivity index (χ3v) is 4.78. The minimum atomic E-state index is 0.551. The van der Waals surface area contributed by atoms with Crippen molar-refractivity contribution in [2.24, 2.45) is 10.8 Å². The van der Waals surface area contributed by atoms with Crippen LogP contribution in [0, 0.1) is 10.8 Å². The molecule has 98 valence electrons. The van der Waals surface area contributed by atoms with Crippen LogP contribution in [0.1, 0.15) is 25.8 Å². The van der Waals surface area contributed by atoms with Crippen molar-refractivity contribution in [3.8, 4) is 0 Å². The van der Waals surface area contributed by atoms with Gasteiger partial charge in [-0.2, -0.15) is 0 Å². The van der Waals surface area contributed by atoms with Crippen LogP contribution >= 0.6 is 0 Å². The first-order chi connectivity index (χ1) is 8.57. The zero-order chi connectivity index (χ0) is 12.6. The maximum atomic E-state index is 2.54. The van der Waals surface area contributed by atoms with Crippen molar-refractivity contribution in [2.75, 3.05) is 26.2 Å². The van der Waals surface area contributed by atoms with E-state index in [2.05, 4.69) is 49.5 Å². The van der Waals surface area contributed by atoms with Gasteiger partial charge in [-0.3, -0.25) is 0 Å². The summed E-state index contributed by atoms with van der Waals surface area (Å²) in [6.45, 7) is 11.5. The molecule has 2 nitrogen and oxygen atoms in total. The summed E-state index contributed by atoms with van der Waals surface area (Å²) in [5, 5.41) is 2.54. The molecule has 1 aromatic rings. The van der Waals surface area contributed by atoms with E-state index in [9.17, 15) is 0 Å². The molecule has 2 fully saturated rings. The van der Waals surface area contributed by atoms with Gasteiger partial charge in [0, 0.05) is 5.56 Å². The highest BCUT2D eigenvalue weighted by Gasteiger charge is 2.50. The molecule has 3 atom stereocenters. The molecule has 0 aliphatic carbocycles. The molecule has 1 unspecified atom stereocenters. The Labute approximate surface area is 110 Å². The van der Waals surface area contributed by atoms with Crippen LogP contribution in [0.3, 0.4) is 0 Å². The summed E-state index contributed by atoms with van der Waals surface area (Å²) in [7, 11) is 0. The Kier molecular flexibility index (Phi) is 2.95. The summed E-state index contributed by atoms with van der Waals surface area (Å²) in [5.74, 6) is 0. The Hall–Kier alpha value is -0.860. The van der Waals surface area contributed by atoms with Crippen LogP contribution < -0.4 is 10.2 Å². The van der Waals surface area contributed by atoms with Gasteiger partial charge in [-0.25, -0.2) is 0 Å². The summed E-state index contributed by atoms with van der Waals surface area (Å²) < 4.78 is 0. The fraction of sp³-hybridized carbons (Fsp3) is 0.625. The van der Waals surface area contributed by atoms with Crippen molar-refractivity contribution < 1.29 is 10.2 Å². The Morgan fingerprint density at radius 1 is 1.06 bits per heavy atom. The number of rotatable bonds is 2. The number of hydrogen-bond acceptors (Lipinski definition) is 0. The van der Waals surface area contributed by atoms with Crippen LogP contribution in [0.25, 0.3) is 0 Å². The Morgan fingerprint density at radius 3 is 2.28 bits per heavy atom. The molecule has 0 radical (unpaired) electrons. The zero-order valence-electron chi connectivity index (χ0n) is 11.7. The molecule has 18 heavy (non-hydrogen) atoms. The topological polar surface area (TPSA) is 21.1 Å². The van der Waals surface area contributed by atoms with Crippen molar-refractivity contribution in [1.82, 2.24) is 0 Å². The molecule has 0 spiro atoms. The molecular weight excluding hydrogens is 220 g/mol. The number of likely N-dealkylation sites (tertiary alicyclic amines) is 1. The minimum Gasteiger partial charge on any atom is -0.345 e. The van der Waals surface area contributed by atoms with Crippen molar-refractivity contribution in [3.63, 3.8) is 0 Å². The summed E-state index contributed by atoms with van der Waals surface area (Å²) >= 11 is 0. The lowest BCUT2D eigenvalue weighted by atomic mass is 9.66. The summed E-state index contributed by atoms with van der Waals surface area (Å²) in [6.07, 6.45) is 1.43. The molecule has 3 rings (SSSR count). The van der Waals surface area contributed by atoms with Crippen LogP contribution in [0.15, 0.2) is 30.3 Å². The van der Waals surface area contributed by atoms with E-state index in [4.69, 9.17) is 0 Å². The van der Waals surface area contributed by atoms with E-state index < -0.39 is 0 Å². The summed E-state index contributed by atoms with van der Waals surface area (Å²) in [5.41, 5.74) is 2.59. The maximum absolute atomic E-state index is 2.54. The number of benzene rings is 1. The monoisotopic (exact) mass is 246 g/mol. The first-order valence-corrected chi connectivity index (χ1v) is 7.26. The predicted molar refractivity (Wildman–Crippen MR) is 73.3 cm³/mol. The van der Waals surface area contributed by atoms with Crippen LogP contribution in [0.4, 0.5) is 0 Å². The molecule has 0 amide bonds. The number of fused-ring (bicyclic) bond motifs is 2. The third kappa shape index (κ3) is 2.45. The molecule has 2 aliphatic rings. The lowest BCUT2D eigenvalue weighted by Crippen LogP contribution is -3.17. The molecule has 2 saturated heterocycles. The van der Waals surface area contributed by atoms with Gasteiger partial charge < -0.3 is 10.2 Å². The van der Waals surface area contributed by atoms with E-state index in [1.165, 1.54) is 44.7 Å². The second-order valence-corrected chi connectivity index (χ2v) is 7.26. The van der Waals surface area contributed by atoms with E-state index in [1.54, 1.807) is 4.90 Å². The SMILES string of the molecule is C[C@]12C[NH2+]C[C@](C)(C[NH+](Cc3ccccc3)C1)C2. The molecule has 1 aromatic carbocycles. The smallest absolute Gasteiger partial charge is 0.103 e. The van der Waals surface area contributed by atoms with Crippen LogP contribution in [-0.4, -0.2) is 26.2 Å². The average Bonchev–Trinajstić information content (AvgIpc) is 2.27. The van der Waals surface area contributed by atoms with Gasteiger partial charge in [0.05, 0.1) is 37.0 Å². The number of nitrogens with two attached hydrogens (primary N) is 1. The van der Waals surface area contributed by atoms with Crippen molar-refractivity contribution in [3.05, 3.63) is 35.9 Å². The normalized spacial score (nSPS) is 39.6. The maximum Gasteiger partial charge on any atom is 0.103 e. The number of hydrogen-bond donors (Lipinski definition) is 2. The average molecular weight is 246 g/mol. The van der Waals surface area contributed by atoms with Gasteiger partial charge in [0.2, 0.25) is 0 Å². The van der Waals surface area contributed by atoms with Crippen molar-refractivity contribution >= 4 is 0 Å². The van der Waals surface area contributed by atoms with E-state index in [1.807, 2.05) is 0 Å². The van der Waals surface area contributed by atoms with Gasteiger partial charge in [-0.05, 0) is 20.3 Å². The van der Waals surface area contributed by atoms with Gasteiger partial charge in [-0.15, -0.1) is 0 Å². The standard InChI is InChI=1S/C16H24N2/c1-15-9-16(2,11-17-10-15)13-18(12-15)8-14-6-4-3-5-7-14/h3-7,17H,8-13H2,1-2H3/p+2/t15-,16+. The number of nitrogens with one attached hydrogen (secondary N) is 1. The lowest BCUT2D eigenvalue weighted by Gasteiger charge is -2.49. The molecule has 2 bridgehead atoms. The first-order valence-electron chi connectivity index (χ1n) is 7.26. The minimum absolute atomic E-state index is 0.551. The molecule has 2 aliphatic heterocycles. The molecule has 2 heterocycles. The Balaban J connectivity index is 1.74. The Bertz CT molecular complexity index is 398. The molecular formula is C16H26N2+2. The fourth-order valence-electron chi connectivity index (χ4n) is 4.49. The predicted octanol–water partition coefficient (Wildman–Crippen LogP) is 0.0648. The van der Waals surface area contributed by atoms with Crippen LogP contribution in [0.2, 0.25) is 0 Å². The van der Waals surface area contributed by atoms with Crippen LogP contribution in [0.5, 0.6) is 0 Å². The highest BCUT2D eigenvalue weighted by atomic mass is 15.2. The fourth-order valence-corrected chi connectivity index (χ4v) is 4.49. The zero-order valence-corrected chi connectivity index (χ0v) is 11.7. The van der Waals surface area contributed by atoms with E-state index >= 15 is 0 Å². The second-order valence-electron chi connectivity index (χ2n) is 7.26. The number of quaternary nitrogens is 2. The van der Waals surface area contributed by atoms with Gasteiger partial charge in [0.15, 0.2) is 0 Å². The van der Waals surface area contributed by atoms with Crippen molar-refractivity contribution in [2.45, 2.75) is 26.8 Å². The molecule has 0 saturated carbocycles. The quantitative estimate of drug-likeness (QED) is 0.737. The van der Waals surface area contributed by atoms with E-state index in [-0.39, 0.29) is 0 Å². The number of piperidine rings is 2. The first kappa shape index (κ1) is 12.2. The van der Waals surface area contributed by atoms with Crippen LogP contribution in [-0.2, 0) is 6.54 Å². The lowest BCUT2D eigenvalue weighted by molar-refractivity contribution is -0.945. The molecule has 2 heteroatoms. The highest BCUT2D eigenvalue weighted by Crippen LogP contribution is 2.35. The molecule has 3 N–H and O–H groups in total. The van der Waals surface area contributed by atoms with Gasteiger partial charge in [0.1, 0.15) is 6.54 Å². The largest absolute Gasteiger partial charge is 0.345 e. The van der Waals surface area contributed by atoms with Gasteiger partial charge >= 0.3 is 0 Å². The van der Waals surface area contributed by atoms with E-state index in [0.29, 0.717) is 10.8 Å². The summed E-state index contributed by atoms with van der Waals surface area (Å²) in [4.78, 5) is 1.78. The molecule has 0 aromatic heterocycles. The second kappa shape index (κ2) is 4.36. The third-order valence-electron chi connectivity index (χ3n) is 4.78. The Morgan fingerprint density at radius 2 is 1.67 bits per heavy atom. The summed E-state index contributed by atoms with van der Waals surface area (Å²) in [6, 6.07) is 11.0. The highest BCUT2D eigenvalue weighted by molar-refractivity contribution is 5.13. The van der Waals surface area contributed by atoms with Crippen molar-refractivity contribution in [1.29, 1.82) is 0 Å². The van der Waals surface area contributed by atoms with Gasteiger partial charge in [0.25, 0.3) is 0 Å². The van der Waals surface area contributed by atoms with E-state index in [0.717, 1.165) is 0 Å².